The molecule has 0 bridgehead atoms. The Morgan fingerprint density at radius 1 is 1.02 bits per heavy atom. The molecule has 2 saturated heterocycles. The van der Waals surface area contributed by atoms with E-state index in [0.29, 0.717) is 52.4 Å². The summed E-state index contributed by atoms with van der Waals surface area (Å²) in [6.07, 6.45) is -4.78. The van der Waals surface area contributed by atoms with Gasteiger partial charge in [-0.2, -0.15) is 13.2 Å². The molecule has 2 fully saturated rings. The Bertz CT molecular complexity index is 1570. The third-order valence-corrected chi connectivity index (χ3v) is 9.64. The molecule has 9 nitrogen and oxygen atoms in total. The smallest absolute Gasteiger partial charge is 0.418 e. The van der Waals surface area contributed by atoms with E-state index in [-0.39, 0.29) is 17.4 Å². The Hall–Kier alpha value is -3.62. The maximum atomic E-state index is 13.8. The van der Waals surface area contributed by atoms with E-state index in [0.717, 1.165) is 35.2 Å². The van der Waals surface area contributed by atoms with Crippen LogP contribution in [0.25, 0.3) is 0 Å². The average molecular weight is 606 g/mol. The molecule has 3 amide bonds. The minimum absolute atomic E-state index is 0.172. The number of thioether (sulfide) groups is 1. The lowest BCUT2D eigenvalue weighted by Gasteiger charge is -2.30. The minimum Gasteiger partial charge on any atom is -0.484 e. The monoisotopic (exact) mass is 605 g/mol. The quantitative estimate of drug-likeness (QED) is 0.444. The number of aromatic amines is 1. The molecule has 2 unspecified atom stereocenters. The number of aromatic nitrogens is 1. The highest BCUT2D eigenvalue weighted by molar-refractivity contribution is 8.00. The number of anilines is 1. The lowest BCUT2D eigenvalue weighted by atomic mass is 9.83. The van der Waals surface area contributed by atoms with Gasteiger partial charge in [0.05, 0.1) is 35.4 Å². The molecule has 2 aromatic carbocycles. The second-order valence-corrected chi connectivity index (χ2v) is 11.8. The maximum Gasteiger partial charge on any atom is 0.418 e. The Morgan fingerprint density at radius 2 is 1.73 bits per heavy atom. The number of fused-ring (bicyclic) bond motifs is 2. The number of H-pyrrole nitrogens is 1. The Morgan fingerprint density at radius 3 is 2.44 bits per heavy atom. The van der Waals surface area contributed by atoms with Crippen LogP contribution in [0.3, 0.4) is 0 Å². The standard InChI is InChI=1S/C27H22F3N3O6S2/c28-27(29,30)16-3-1-2-4-17(16)33-24(35)20-19(21-23(31-26(37)41-21)40-22(20)25(33)36)14-5-7-15(8-6-14)39-13-18(34)32-9-11-38-12-10-32/h1-8,19-20,22H,9-13H2,(H,31,37)/t19-,20?,22?/m1/s1. The molecule has 0 radical (unpaired) electrons. The van der Waals surface area contributed by atoms with Crippen molar-refractivity contribution in [3.63, 3.8) is 0 Å². The van der Waals surface area contributed by atoms with Gasteiger partial charge in [0.25, 0.3) is 5.91 Å². The van der Waals surface area contributed by atoms with E-state index in [1.165, 1.54) is 12.1 Å². The van der Waals surface area contributed by atoms with Crippen LogP contribution in [0.15, 0.2) is 58.4 Å². The summed E-state index contributed by atoms with van der Waals surface area (Å²) in [6.45, 7) is 1.74. The number of benzene rings is 2. The molecule has 1 aromatic heterocycles. The zero-order chi connectivity index (χ0) is 28.9. The molecule has 1 N–H and O–H groups in total. The molecule has 0 aliphatic carbocycles. The van der Waals surface area contributed by atoms with Gasteiger partial charge >= 0.3 is 11.0 Å². The molecule has 0 saturated carbocycles. The second-order valence-electron chi connectivity index (χ2n) is 9.63. The van der Waals surface area contributed by atoms with Crippen molar-refractivity contribution in [2.24, 2.45) is 5.92 Å². The molecule has 3 aliphatic heterocycles. The zero-order valence-electron chi connectivity index (χ0n) is 21.2. The predicted molar refractivity (Wildman–Crippen MR) is 143 cm³/mol. The normalized spacial score (nSPS) is 22.5. The number of imide groups is 1. The number of ether oxygens (including phenoxy) is 2. The van der Waals surface area contributed by atoms with E-state index in [4.69, 9.17) is 9.47 Å². The molecule has 41 heavy (non-hydrogen) atoms. The topological polar surface area (TPSA) is 109 Å². The van der Waals surface area contributed by atoms with Gasteiger partial charge in [-0.05, 0) is 29.8 Å². The molecule has 214 valence electrons. The summed E-state index contributed by atoms with van der Waals surface area (Å²) in [5, 5.41) is -0.622. The lowest BCUT2D eigenvalue weighted by molar-refractivity contribution is -0.138. The van der Waals surface area contributed by atoms with Gasteiger partial charge in [0, 0.05) is 23.9 Å². The number of nitrogens with zero attached hydrogens (tertiary/aromatic N) is 2. The van der Waals surface area contributed by atoms with Crippen LogP contribution in [-0.4, -0.2) is 65.8 Å². The van der Waals surface area contributed by atoms with Crippen molar-refractivity contribution in [2.45, 2.75) is 22.4 Å². The molecule has 0 spiro atoms. The van der Waals surface area contributed by atoms with E-state index in [1.54, 1.807) is 29.2 Å². The fraction of sp³-hybridized carbons (Fsp3) is 0.333. The summed E-state index contributed by atoms with van der Waals surface area (Å²) in [5.74, 6) is -3.12. The summed E-state index contributed by atoms with van der Waals surface area (Å²) in [7, 11) is 0. The largest absolute Gasteiger partial charge is 0.484 e. The van der Waals surface area contributed by atoms with Crippen LogP contribution in [0.5, 0.6) is 5.75 Å². The van der Waals surface area contributed by atoms with E-state index in [9.17, 15) is 32.3 Å². The first-order valence-corrected chi connectivity index (χ1v) is 14.3. The van der Waals surface area contributed by atoms with E-state index in [1.807, 2.05) is 0 Å². The minimum atomic E-state index is -4.78. The van der Waals surface area contributed by atoms with Crippen LogP contribution in [0, 0.1) is 5.92 Å². The summed E-state index contributed by atoms with van der Waals surface area (Å²) < 4.78 is 52.3. The van der Waals surface area contributed by atoms with Crippen molar-refractivity contribution in [2.75, 3.05) is 37.8 Å². The lowest BCUT2D eigenvalue weighted by Crippen LogP contribution is -2.42. The predicted octanol–water partition coefficient (Wildman–Crippen LogP) is 3.49. The summed E-state index contributed by atoms with van der Waals surface area (Å²) >= 11 is 1.88. The summed E-state index contributed by atoms with van der Waals surface area (Å²) in [5.41, 5.74) is -1.02. The number of nitrogens with one attached hydrogen (secondary N) is 1. The van der Waals surface area contributed by atoms with Crippen LogP contribution in [0.2, 0.25) is 0 Å². The molecule has 3 aromatic rings. The van der Waals surface area contributed by atoms with E-state index >= 15 is 0 Å². The second kappa shape index (κ2) is 10.7. The van der Waals surface area contributed by atoms with Crippen LogP contribution in [0.1, 0.15) is 21.9 Å². The first-order valence-electron chi connectivity index (χ1n) is 12.7. The molecule has 6 rings (SSSR count). The van der Waals surface area contributed by atoms with Gasteiger partial charge in [0.15, 0.2) is 6.61 Å². The van der Waals surface area contributed by atoms with Gasteiger partial charge in [0.1, 0.15) is 11.0 Å². The Kier molecular flexibility index (Phi) is 7.16. The SMILES string of the molecule is O=C(COc1ccc([C@H]2c3sc(=O)[nH]c3SC3C(=O)N(c4ccccc4C(F)(F)F)C(=O)C32)cc1)N1CCOCC1. The number of morpholine rings is 1. The highest BCUT2D eigenvalue weighted by Crippen LogP contribution is 2.54. The van der Waals surface area contributed by atoms with Crippen molar-refractivity contribution in [3.05, 3.63) is 74.2 Å². The van der Waals surface area contributed by atoms with Crippen molar-refractivity contribution in [1.29, 1.82) is 0 Å². The third kappa shape index (κ3) is 5.04. The van der Waals surface area contributed by atoms with Gasteiger partial charge in [-0.15, -0.1) is 0 Å². The Labute approximate surface area is 239 Å². The number of carbonyl (C=O) groups excluding carboxylic acids is 3. The van der Waals surface area contributed by atoms with Crippen molar-refractivity contribution >= 4 is 46.5 Å². The number of hydrogen-bond acceptors (Lipinski definition) is 8. The fourth-order valence-corrected chi connectivity index (χ4v) is 7.86. The van der Waals surface area contributed by atoms with Gasteiger partial charge in [-0.1, -0.05) is 47.4 Å². The molecular weight excluding hydrogens is 583 g/mol. The maximum absolute atomic E-state index is 13.8. The fourth-order valence-electron chi connectivity index (χ4n) is 5.34. The summed E-state index contributed by atoms with van der Waals surface area (Å²) in [4.78, 5) is 57.1. The Balaban J connectivity index is 1.30. The van der Waals surface area contributed by atoms with Crippen molar-refractivity contribution < 1.29 is 37.0 Å². The van der Waals surface area contributed by atoms with E-state index < -0.39 is 46.3 Å². The number of rotatable bonds is 5. The highest BCUT2D eigenvalue weighted by atomic mass is 32.2. The number of amides is 3. The first-order chi connectivity index (χ1) is 19.6. The van der Waals surface area contributed by atoms with Crippen LogP contribution in [-0.2, 0) is 25.3 Å². The molecule has 3 aliphatic rings. The van der Waals surface area contributed by atoms with Crippen LogP contribution >= 0.6 is 23.1 Å². The van der Waals surface area contributed by atoms with Gasteiger partial charge in [-0.3, -0.25) is 19.2 Å². The van der Waals surface area contributed by atoms with Crippen LogP contribution in [0.4, 0.5) is 18.9 Å². The number of alkyl halides is 3. The number of halogens is 3. The van der Waals surface area contributed by atoms with Crippen molar-refractivity contribution in [1.82, 2.24) is 9.88 Å². The van der Waals surface area contributed by atoms with Gasteiger partial charge < -0.3 is 19.4 Å². The molecule has 14 heteroatoms. The summed E-state index contributed by atoms with van der Waals surface area (Å²) in [6, 6.07) is 11.1. The third-order valence-electron chi connectivity index (χ3n) is 7.24. The molecular formula is C27H22F3N3O6S2. The number of thiazole rings is 1. The van der Waals surface area contributed by atoms with Crippen molar-refractivity contribution in [3.8, 4) is 5.75 Å². The van der Waals surface area contributed by atoms with E-state index in [2.05, 4.69) is 4.98 Å². The number of para-hydroxylation sites is 1. The first kappa shape index (κ1) is 27.5. The number of hydrogen-bond donors (Lipinski definition) is 1. The molecule has 4 heterocycles. The number of carbonyl (C=O) groups is 3. The van der Waals surface area contributed by atoms with Crippen LogP contribution < -0.4 is 14.5 Å². The van der Waals surface area contributed by atoms with Gasteiger partial charge in [-0.25, -0.2) is 4.90 Å². The molecule has 3 atom stereocenters. The van der Waals surface area contributed by atoms with Gasteiger partial charge in [0.2, 0.25) is 11.8 Å². The average Bonchev–Trinajstić information content (AvgIpc) is 3.46. The zero-order valence-corrected chi connectivity index (χ0v) is 22.8. The highest BCUT2D eigenvalue weighted by Gasteiger charge is 2.57.